The zero-order chi connectivity index (χ0) is 11.9. The van der Waals surface area contributed by atoms with E-state index in [2.05, 4.69) is 0 Å². The maximum Gasteiger partial charge on any atom is 0.334 e. The van der Waals surface area contributed by atoms with E-state index < -0.39 is 14.7 Å². The summed E-state index contributed by atoms with van der Waals surface area (Å²) in [5.74, 6) is -0.263. The van der Waals surface area contributed by atoms with Crippen LogP contribution in [0.3, 0.4) is 0 Å². The third kappa shape index (κ3) is 5.22. The number of aliphatic hydroxyl groups excluding tert-OH is 1. The smallest absolute Gasteiger partial charge is 0.334 e. The maximum absolute atomic E-state index is 11.2. The standard InChI is InChI=1S/C10H20O4Si/c1-5-6-9(11)10(12)7-8-15(4,13-2)14-3/h5-6,10,12H,7-8H2,1-4H3. The van der Waals surface area contributed by atoms with Crippen molar-refractivity contribution >= 4 is 14.3 Å². The van der Waals surface area contributed by atoms with E-state index in [0.717, 1.165) is 0 Å². The van der Waals surface area contributed by atoms with Gasteiger partial charge in [0, 0.05) is 14.2 Å². The van der Waals surface area contributed by atoms with E-state index in [-0.39, 0.29) is 5.78 Å². The van der Waals surface area contributed by atoms with Crippen molar-refractivity contribution in [2.75, 3.05) is 14.2 Å². The average molecular weight is 232 g/mol. The highest BCUT2D eigenvalue weighted by Crippen LogP contribution is 2.15. The molecule has 1 unspecified atom stereocenters. The molecule has 5 heteroatoms. The van der Waals surface area contributed by atoms with E-state index in [9.17, 15) is 9.90 Å². The minimum atomic E-state index is -2.17. The maximum atomic E-state index is 11.2. The van der Waals surface area contributed by atoms with Crippen molar-refractivity contribution in [3.05, 3.63) is 12.2 Å². The van der Waals surface area contributed by atoms with Gasteiger partial charge < -0.3 is 14.0 Å². The zero-order valence-corrected chi connectivity index (χ0v) is 10.8. The van der Waals surface area contributed by atoms with Crippen LogP contribution >= 0.6 is 0 Å². The lowest BCUT2D eigenvalue weighted by atomic mass is 10.2. The van der Waals surface area contributed by atoms with Gasteiger partial charge in [-0.05, 0) is 32.0 Å². The Hall–Kier alpha value is -0.493. The number of carbonyl (C=O) groups excluding carboxylic acids is 1. The molecule has 0 aliphatic carbocycles. The van der Waals surface area contributed by atoms with Gasteiger partial charge in [0.1, 0.15) is 6.10 Å². The molecule has 0 rings (SSSR count). The molecule has 1 atom stereocenters. The number of aliphatic hydroxyl groups is 1. The highest BCUT2D eigenvalue weighted by molar-refractivity contribution is 6.65. The van der Waals surface area contributed by atoms with Crippen LogP contribution in [-0.4, -0.2) is 39.8 Å². The molecule has 0 aromatic rings. The molecule has 0 saturated carbocycles. The Bertz CT molecular complexity index is 223. The lowest BCUT2D eigenvalue weighted by Crippen LogP contribution is -2.37. The molecule has 0 heterocycles. The summed E-state index contributed by atoms with van der Waals surface area (Å²) in [5, 5.41) is 9.51. The largest absolute Gasteiger partial charge is 0.398 e. The van der Waals surface area contributed by atoms with Crippen LogP contribution in [0.2, 0.25) is 12.6 Å². The van der Waals surface area contributed by atoms with Crippen LogP contribution in [0.1, 0.15) is 13.3 Å². The number of rotatable bonds is 7. The van der Waals surface area contributed by atoms with E-state index in [4.69, 9.17) is 8.85 Å². The van der Waals surface area contributed by atoms with Gasteiger partial charge in [-0.1, -0.05) is 6.08 Å². The average Bonchev–Trinajstić information content (AvgIpc) is 2.25. The summed E-state index contributed by atoms with van der Waals surface area (Å²) in [6.45, 7) is 3.65. The fourth-order valence-electron chi connectivity index (χ4n) is 1.10. The van der Waals surface area contributed by atoms with Crippen LogP contribution in [0.4, 0.5) is 0 Å². The van der Waals surface area contributed by atoms with Crippen molar-refractivity contribution in [2.24, 2.45) is 0 Å². The zero-order valence-electron chi connectivity index (χ0n) is 9.82. The van der Waals surface area contributed by atoms with E-state index in [1.807, 2.05) is 6.55 Å². The molecule has 0 spiro atoms. The summed E-state index contributed by atoms with van der Waals surface area (Å²) >= 11 is 0. The second-order valence-electron chi connectivity index (χ2n) is 3.50. The molecule has 1 N–H and O–H groups in total. The summed E-state index contributed by atoms with van der Waals surface area (Å²) in [6.07, 6.45) is 2.43. The second kappa shape index (κ2) is 6.89. The normalized spacial score (nSPS) is 14.5. The van der Waals surface area contributed by atoms with Crippen LogP contribution in [0.5, 0.6) is 0 Å². The van der Waals surface area contributed by atoms with Crippen molar-refractivity contribution < 1.29 is 18.8 Å². The van der Waals surface area contributed by atoms with Gasteiger partial charge >= 0.3 is 8.56 Å². The van der Waals surface area contributed by atoms with E-state index >= 15 is 0 Å². The molecule has 0 amide bonds. The first-order valence-electron chi connectivity index (χ1n) is 4.94. The highest BCUT2D eigenvalue weighted by atomic mass is 28.4. The van der Waals surface area contributed by atoms with E-state index in [1.165, 1.54) is 6.08 Å². The van der Waals surface area contributed by atoms with Crippen molar-refractivity contribution in [3.63, 3.8) is 0 Å². The van der Waals surface area contributed by atoms with Gasteiger partial charge in [0.05, 0.1) is 0 Å². The minimum Gasteiger partial charge on any atom is -0.398 e. The van der Waals surface area contributed by atoms with Crippen LogP contribution < -0.4 is 0 Å². The molecular weight excluding hydrogens is 212 g/mol. The minimum absolute atomic E-state index is 0.263. The third-order valence-electron chi connectivity index (χ3n) is 2.39. The summed E-state index contributed by atoms with van der Waals surface area (Å²) in [7, 11) is 1.02. The lowest BCUT2D eigenvalue weighted by molar-refractivity contribution is -0.122. The van der Waals surface area contributed by atoms with Crippen molar-refractivity contribution in [1.29, 1.82) is 0 Å². The van der Waals surface area contributed by atoms with Crippen molar-refractivity contribution in [2.45, 2.75) is 32.0 Å². The molecule has 4 nitrogen and oxygen atoms in total. The fraction of sp³-hybridized carbons (Fsp3) is 0.700. The molecule has 0 aromatic heterocycles. The first kappa shape index (κ1) is 14.5. The van der Waals surface area contributed by atoms with Crippen LogP contribution in [0.25, 0.3) is 0 Å². The molecule has 15 heavy (non-hydrogen) atoms. The Morgan fingerprint density at radius 2 is 2.00 bits per heavy atom. The SMILES string of the molecule is CC=CC(=O)C(O)CC[Si](C)(OC)OC. The van der Waals surface area contributed by atoms with Gasteiger partial charge in [-0.15, -0.1) is 0 Å². The molecule has 0 fully saturated rings. The summed E-state index contributed by atoms with van der Waals surface area (Å²) in [5.41, 5.74) is 0. The van der Waals surface area contributed by atoms with Crippen LogP contribution in [0.15, 0.2) is 12.2 Å². The Kier molecular flexibility index (Phi) is 6.67. The Morgan fingerprint density at radius 1 is 1.47 bits per heavy atom. The van der Waals surface area contributed by atoms with Gasteiger partial charge in [-0.2, -0.15) is 0 Å². The van der Waals surface area contributed by atoms with Crippen LogP contribution in [-0.2, 0) is 13.6 Å². The first-order chi connectivity index (χ1) is 6.99. The first-order valence-corrected chi connectivity index (χ1v) is 7.46. The summed E-state index contributed by atoms with van der Waals surface area (Å²) in [6, 6.07) is 0.602. The number of ketones is 1. The lowest BCUT2D eigenvalue weighted by Gasteiger charge is -2.23. The third-order valence-corrected chi connectivity index (χ3v) is 5.32. The molecule has 0 radical (unpaired) electrons. The Morgan fingerprint density at radius 3 is 2.40 bits per heavy atom. The molecule has 0 bridgehead atoms. The van der Waals surface area contributed by atoms with Gasteiger partial charge in [-0.25, -0.2) is 0 Å². The van der Waals surface area contributed by atoms with Gasteiger partial charge in [-0.3, -0.25) is 4.79 Å². The molecule has 0 aromatic carbocycles. The molecule has 0 saturated heterocycles. The molecular formula is C10H20O4Si. The van der Waals surface area contributed by atoms with Gasteiger partial charge in [0.25, 0.3) is 0 Å². The van der Waals surface area contributed by atoms with E-state index in [0.29, 0.717) is 12.5 Å². The molecule has 0 aliphatic heterocycles. The van der Waals surface area contributed by atoms with Crippen molar-refractivity contribution in [1.82, 2.24) is 0 Å². The summed E-state index contributed by atoms with van der Waals surface area (Å²) < 4.78 is 10.5. The van der Waals surface area contributed by atoms with Gasteiger partial charge in [0.2, 0.25) is 0 Å². The second-order valence-corrected chi connectivity index (χ2v) is 7.08. The van der Waals surface area contributed by atoms with Crippen LogP contribution in [0, 0.1) is 0 Å². The number of hydrogen-bond acceptors (Lipinski definition) is 4. The summed E-state index contributed by atoms with van der Waals surface area (Å²) in [4.78, 5) is 11.2. The van der Waals surface area contributed by atoms with Crippen molar-refractivity contribution in [3.8, 4) is 0 Å². The number of allylic oxidation sites excluding steroid dienone is 1. The molecule has 88 valence electrons. The predicted molar refractivity (Wildman–Crippen MR) is 60.9 cm³/mol. The highest BCUT2D eigenvalue weighted by Gasteiger charge is 2.30. The predicted octanol–water partition coefficient (Wildman–Crippen LogP) is 1.25. The number of carbonyl (C=O) groups is 1. The number of hydrogen-bond donors (Lipinski definition) is 1. The van der Waals surface area contributed by atoms with E-state index in [1.54, 1.807) is 27.2 Å². The molecule has 0 aliphatic rings. The Balaban J connectivity index is 4.09. The monoisotopic (exact) mass is 232 g/mol. The quantitative estimate of drug-likeness (QED) is 0.530. The van der Waals surface area contributed by atoms with Gasteiger partial charge in [0.15, 0.2) is 5.78 Å². The Labute approximate surface area is 92.1 Å². The topological polar surface area (TPSA) is 55.8 Å². The fourth-order valence-corrected chi connectivity index (χ4v) is 2.48.